The van der Waals surface area contributed by atoms with Crippen LogP contribution in [-0.2, 0) is 11.3 Å². The lowest BCUT2D eigenvalue weighted by Gasteiger charge is -2.27. The van der Waals surface area contributed by atoms with Crippen LogP contribution in [-0.4, -0.2) is 5.91 Å². The lowest BCUT2D eigenvalue weighted by atomic mass is 9.85. The molecule has 0 aliphatic carbocycles. The van der Waals surface area contributed by atoms with E-state index in [9.17, 15) is 4.79 Å². The van der Waals surface area contributed by atoms with Crippen LogP contribution in [0.5, 0.6) is 11.5 Å². The maximum absolute atomic E-state index is 12.4. The summed E-state index contributed by atoms with van der Waals surface area (Å²) in [7, 11) is 0. The molecule has 1 aliphatic heterocycles. The van der Waals surface area contributed by atoms with Crippen LogP contribution >= 0.6 is 0 Å². The van der Waals surface area contributed by atoms with E-state index < -0.39 is 0 Å². The van der Waals surface area contributed by atoms with Gasteiger partial charge >= 0.3 is 0 Å². The second-order valence-corrected chi connectivity index (χ2v) is 5.79. The quantitative estimate of drug-likeness (QED) is 0.783. The Labute approximate surface area is 140 Å². The van der Waals surface area contributed by atoms with Crippen molar-refractivity contribution in [1.82, 2.24) is 5.32 Å². The summed E-state index contributed by atoms with van der Waals surface area (Å²) >= 11 is 0. The van der Waals surface area contributed by atoms with Gasteiger partial charge in [0.2, 0.25) is 5.91 Å². The highest BCUT2D eigenvalue weighted by Gasteiger charge is 2.28. The van der Waals surface area contributed by atoms with Crippen LogP contribution in [0.3, 0.4) is 0 Å². The van der Waals surface area contributed by atoms with Gasteiger partial charge in [0, 0.05) is 23.5 Å². The van der Waals surface area contributed by atoms with Crippen LogP contribution in [0.1, 0.15) is 29.2 Å². The van der Waals surface area contributed by atoms with Crippen molar-refractivity contribution >= 4 is 5.91 Å². The van der Waals surface area contributed by atoms with Crippen molar-refractivity contribution in [2.75, 3.05) is 0 Å². The van der Waals surface area contributed by atoms with Crippen molar-refractivity contribution in [3.63, 3.8) is 0 Å². The van der Waals surface area contributed by atoms with Gasteiger partial charge in [-0.2, -0.15) is 0 Å². The zero-order valence-electron chi connectivity index (χ0n) is 13.1. The second kappa shape index (κ2) is 6.24. The molecule has 1 N–H and O–H groups in total. The molecule has 0 fully saturated rings. The predicted molar refractivity (Wildman–Crippen MR) is 90.0 cm³/mol. The third kappa shape index (κ3) is 2.78. The van der Waals surface area contributed by atoms with Gasteiger partial charge in [0.25, 0.3) is 0 Å². The molecule has 0 saturated carbocycles. The predicted octanol–water partition coefficient (Wildman–Crippen LogP) is 4.22. The summed E-state index contributed by atoms with van der Waals surface area (Å²) in [5, 5.41) is 2.92. The van der Waals surface area contributed by atoms with E-state index in [-0.39, 0.29) is 11.8 Å². The molecule has 1 aliphatic rings. The number of benzene rings is 2. The molecule has 24 heavy (non-hydrogen) atoms. The van der Waals surface area contributed by atoms with Crippen LogP contribution in [0.2, 0.25) is 0 Å². The average Bonchev–Trinajstić information content (AvgIpc) is 3.13. The molecule has 0 saturated heterocycles. The van der Waals surface area contributed by atoms with E-state index in [1.54, 1.807) is 6.26 Å². The number of para-hydroxylation sites is 2. The third-order valence-electron chi connectivity index (χ3n) is 4.24. The van der Waals surface area contributed by atoms with Crippen LogP contribution in [0.4, 0.5) is 0 Å². The maximum atomic E-state index is 12.4. The minimum absolute atomic E-state index is 0.0112. The van der Waals surface area contributed by atoms with E-state index >= 15 is 0 Å². The number of ether oxygens (including phenoxy) is 1. The van der Waals surface area contributed by atoms with Gasteiger partial charge in [-0.25, -0.2) is 0 Å². The van der Waals surface area contributed by atoms with Crippen molar-refractivity contribution in [1.29, 1.82) is 0 Å². The molecule has 0 atom stereocenters. The summed E-state index contributed by atoms with van der Waals surface area (Å²) in [6.07, 6.45) is 1.98. The van der Waals surface area contributed by atoms with Crippen molar-refractivity contribution in [3.05, 3.63) is 83.8 Å². The monoisotopic (exact) mass is 319 g/mol. The number of furan rings is 1. The molecule has 3 aromatic rings. The molecule has 4 nitrogen and oxygen atoms in total. The normalized spacial score (nSPS) is 12.8. The second-order valence-electron chi connectivity index (χ2n) is 5.79. The largest absolute Gasteiger partial charge is 0.467 e. The number of amides is 1. The number of hydrogen-bond acceptors (Lipinski definition) is 3. The molecule has 4 rings (SSSR count). The van der Waals surface area contributed by atoms with Crippen LogP contribution in [0.15, 0.2) is 71.3 Å². The number of carbonyl (C=O) groups excluding carboxylic acids is 1. The number of rotatable bonds is 4. The Morgan fingerprint density at radius 3 is 2.21 bits per heavy atom. The minimum atomic E-state index is -0.0113. The molecular weight excluding hydrogens is 302 g/mol. The number of fused-ring (bicyclic) bond motifs is 2. The Morgan fingerprint density at radius 2 is 1.58 bits per heavy atom. The molecule has 1 aromatic heterocycles. The molecule has 0 unspecified atom stereocenters. The van der Waals surface area contributed by atoms with E-state index in [4.69, 9.17) is 9.15 Å². The van der Waals surface area contributed by atoms with Gasteiger partial charge in [-0.05, 0) is 24.3 Å². The molecule has 0 spiro atoms. The molecule has 2 aromatic carbocycles. The van der Waals surface area contributed by atoms with Crippen LogP contribution in [0, 0.1) is 0 Å². The highest BCUT2D eigenvalue weighted by Crippen LogP contribution is 2.45. The van der Waals surface area contributed by atoms with Gasteiger partial charge in [-0.1, -0.05) is 36.4 Å². The third-order valence-corrected chi connectivity index (χ3v) is 4.24. The van der Waals surface area contributed by atoms with Gasteiger partial charge in [-0.15, -0.1) is 0 Å². The van der Waals surface area contributed by atoms with Crippen molar-refractivity contribution in [3.8, 4) is 11.5 Å². The SMILES string of the molecule is O=C(CC1c2ccccc2Oc2ccccc21)NCc1ccco1. The molecular formula is C20H17NO3. The zero-order valence-corrected chi connectivity index (χ0v) is 13.1. The molecule has 120 valence electrons. The zero-order chi connectivity index (χ0) is 16.4. The molecule has 2 heterocycles. The average molecular weight is 319 g/mol. The van der Waals surface area contributed by atoms with Crippen LogP contribution in [0.25, 0.3) is 0 Å². The highest BCUT2D eigenvalue weighted by molar-refractivity contribution is 5.78. The Morgan fingerprint density at radius 1 is 0.917 bits per heavy atom. The first-order chi connectivity index (χ1) is 11.8. The van der Waals surface area contributed by atoms with E-state index in [2.05, 4.69) is 5.32 Å². The summed E-state index contributed by atoms with van der Waals surface area (Å²) in [6.45, 7) is 0.401. The standard InChI is InChI=1S/C20H17NO3/c22-20(21-13-14-6-5-11-23-14)12-17-15-7-1-3-9-18(15)24-19-10-4-2-8-16(17)19/h1-11,17H,12-13H2,(H,21,22). The minimum Gasteiger partial charge on any atom is -0.467 e. The van der Waals surface area contributed by atoms with Gasteiger partial charge in [-0.3, -0.25) is 4.79 Å². The van der Waals surface area contributed by atoms with Crippen molar-refractivity contribution < 1.29 is 13.9 Å². The fraction of sp³-hybridized carbons (Fsp3) is 0.150. The fourth-order valence-corrected chi connectivity index (χ4v) is 3.09. The lowest BCUT2D eigenvalue weighted by Crippen LogP contribution is -2.25. The summed E-state index contributed by atoms with van der Waals surface area (Å²) in [5.74, 6) is 2.36. The first-order valence-electron chi connectivity index (χ1n) is 7.96. The Balaban J connectivity index is 1.57. The van der Waals surface area contributed by atoms with Crippen LogP contribution < -0.4 is 10.1 Å². The van der Waals surface area contributed by atoms with E-state index in [1.165, 1.54) is 0 Å². The summed E-state index contributed by atoms with van der Waals surface area (Å²) in [6, 6.07) is 19.4. The van der Waals surface area contributed by atoms with Crippen molar-refractivity contribution in [2.45, 2.75) is 18.9 Å². The Kier molecular flexibility index (Phi) is 3.79. The van der Waals surface area contributed by atoms with E-state index in [1.807, 2.05) is 60.7 Å². The Hall–Kier alpha value is -3.01. The lowest BCUT2D eigenvalue weighted by molar-refractivity contribution is -0.121. The maximum Gasteiger partial charge on any atom is 0.221 e. The molecule has 0 bridgehead atoms. The Bertz CT molecular complexity index is 809. The number of hydrogen-bond donors (Lipinski definition) is 1. The summed E-state index contributed by atoms with van der Waals surface area (Å²) < 4.78 is 11.2. The van der Waals surface area contributed by atoms with Gasteiger partial charge in [0.05, 0.1) is 12.8 Å². The van der Waals surface area contributed by atoms with Gasteiger partial charge < -0.3 is 14.5 Å². The summed E-state index contributed by atoms with van der Waals surface area (Å²) in [5.41, 5.74) is 2.09. The fourth-order valence-electron chi connectivity index (χ4n) is 3.09. The van der Waals surface area contributed by atoms with E-state index in [0.717, 1.165) is 28.4 Å². The van der Waals surface area contributed by atoms with E-state index in [0.29, 0.717) is 13.0 Å². The molecule has 0 radical (unpaired) electrons. The first kappa shape index (κ1) is 14.6. The van der Waals surface area contributed by atoms with Crippen molar-refractivity contribution in [2.24, 2.45) is 0 Å². The highest BCUT2D eigenvalue weighted by atomic mass is 16.5. The van der Waals surface area contributed by atoms with Gasteiger partial charge in [0.1, 0.15) is 17.3 Å². The smallest absolute Gasteiger partial charge is 0.221 e. The topological polar surface area (TPSA) is 51.5 Å². The first-order valence-corrected chi connectivity index (χ1v) is 7.96. The molecule has 1 amide bonds. The number of nitrogens with one attached hydrogen (secondary N) is 1. The summed E-state index contributed by atoms with van der Waals surface area (Å²) in [4.78, 5) is 12.4. The number of carbonyl (C=O) groups is 1. The molecule has 4 heteroatoms. The van der Waals surface area contributed by atoms with Gasteiger partial charge in [0.15, 0.2) is 0 Å².